The first-order chi connectivity index (χ1) is 13.2. The predicted octanol–water partition coefficient (Wildman–Crippen LogP) is 3.69. The van der Waals surface area contributed by atoms with E-state index in [9.17, 15) is 4.79 Å². The number of amides is 1. The van der Waals surface area contributed by atoms with Crippen molar-refractivity contribution in [2.75, 3.05) is 18.0 Å². The van der Waals surface area contributed by atoms with Gasteiger partial charge in [-0.15, -0.1) is 0 Å². The van der Waals surface area contributed by atoms with Gasteiger partial charge < -0.3 is 0 Å². The van der Waals surface area contributed by atoms with Crippen molar-refractivity contribution >= 4 is 28.6 Å². The lowest BCUT2D eigenvalue weighted by Crippen LogP contribution is -2.47. The molecule has 6 heteroatoms. The van der Waals surface area contributed by atoms with Crippen LogP contribution >= 0.6 is 11.3 Å². The van der Waals surface area contributed by atoms with Crippen LogP contribution in [0.1, 0.15) is 24.0 Å². The molecule has 5 rings (SSSR count). The minimum Gasteiger partial charge on any atom is -0.299 e. The largest absolute Gasteiger partial charge is 0.299 e. The van der Waals surface area contributed by atoms with Crippen LogP contribution in [-0.2, 0) is 23.8 Å². The first-order valence-corrected chi connectivity index (χ1v) is 10.3. The summed E-state index contributed by atoms with van der Waals surface area (Å²) < 4.78 is 1.84. The number of para-hydroxylation sites is 1. The molecule has 0 aliphatic carbocycles. The first kappa shape index (κ1) is 16.7. The van der Waals surface area contributed by atoms with E-state index in [0.29, 0.717) is 0 Å². The van der Waals surface area contributed by atoms with Crippen LogP contribution in [0.4, 0.5) is 11.4 Å². The number of nitrogens with zero attached hydrogens (tertiary/aromatic N) is 4. The molecule has 2 aliphatic heterocycles. The van der Waals surface area contributed by atoms with E-state index in [1.165, 1.54) is 11.1 Å². The normalized spacial score (nSPS) is 19.0. The number of benzene rings is 1. The van der Waals surface area contributed by atoms with Gasteiger partial charge in [0, 0.05) is 30.7 Å². The lowest BCUT2D eigenvalue weighted by Gasteiger charge is -2.38. The lowest BCUT2D eigenvalue weighted by molar-refractivity contribution is -0.124. The molecule has 0 N–H and O–H groups in total. The second-order valence-electron chi connectivity index (χ2n) is 7.52. The third kappa shape index (κ3) is 2.63. The molecule has 0 atom stereocenters. The standard InChI is InChI=1S/C21H22N4OS/c1-23-13-16(12-22-23)14-24-9-7-21(8-10-24)18-4-2-3-5-19(18)25(20(21)26)17-6-11-27-15-17/h2-6,11-13,15H,7-10,14H2,1H3. The highest BCUT2D eigenvalue weighted by Gasteiger charge is 2.52. The van der Waals surface area contributed by atoms with Crippen LogP contribution in [0, 0.1) is 0 Å². The van der Waals surface area contributed by atoms with E-state index in [-0.39, 0.29) is 11.3 Å². The van der Waals surface area contributed by atoms with E-state index >= 15 is 0 Å². The van der Waals surface area contributed by atoms with Crippen LogP contribution in [0.15, 0.2) is 53.5 Å². The van der Waals surface area contributed by atoms with E-state index in [1.54, 1.807) is 11.3 Å². The fourth-order valence-electron chi connectivity index (χ4n) is 4.54. The highest BCUT2D eigenvalue weighted by atomic mass is 32.1. The number of hydrogen-bond acceptors (Lipinski definition) is 4. The van der Waals surface area contributed by atoms with E-state index in [4.69, 9.17) is 0 Å². The molecule has 0 unspecified atom stereocenters. The number of carbonyl (C=O) groups is 1. The zero-order valence-corrected chi connectivity index (χ0v) is 16.2. The molecule has 1 aromatic carbocycles. The average Bonchev–Trinajstić information content (AvgIpc) is 3.39. The van der Waals surface area contributed by atoms with Gasteiger partial charge in [-0.1, -0.05) is 18.2 Å². The molecule has 0 radical (unpaired) electrons. The summed E-state index contributed by atoms with van der Waals surface area (Å²) in [6.07, 6.45) is 5.73. The highest BCUT2D eigenvalue weighted by Crippen LogP contribution is 2.50. The molecule has 4 heterocycles. The van der Waals surface area contributed by atoms with E-state index in [0.717, 1.165) is 43.9 Å². The zero-order valence-electron chi connectivity index (χ0n) is 15.3. The number of carbonyl (C=O) groups excluding carboxylic acids is 1. The molecule has 2 aromatic heterocycles. The summed E-state index contributed by atoms with van der Waals surface area (Å²) in [4.78, 5) is 18.0. The molecule has 1 fully saturated rings. The zero-order chi connectivity index (χ0) is 18.4. The lowest BCUT2D eigenvalue weighted by atomic mass is 9.73. The molecular weight excluding hydrogens is 356 g/mol. The van der Waals surface area contributed by atoms with Crippen LogP contribution in [0.2, 0.25) is 0 Å². The van der Waals surface area contributed by atoms with Crippen LogP contribution < -0.4 is 4.90 Å². The van der Waals surface area contributed by atoms with Gasteiger partial charge in [-0.2, -0.15) is 16.4 Å². The third-order valence-electron chi connectivity index (χ3n) is 5.91. The molecule has 5 nitrogen and oxygen atoms in total. The topological polar surface area (TPSA) is 41.4 Å². The van der Waals surface area contributed by atoms with Gasteiger partial charge >= 0.3 is 0 Å². The molecule has 27 heavy (non-hydrogen) atoms. The minimum absolute atomic E-state index is 0.239. The molecule has 0 saturated carbocycles. The Morgan fingerprint density at radius 2 is 2.00 bits per heavy atom. The Morgan fingerprint density at radius 3 is 2.70 bits per heavy atom. The number of thiophene rings is 1. The number of piperidine rings is 1. The Bertz CT molecular complexity index is 970. The average molecular weight is 379 g/mol. The first-order valence-electron chi connectivity index (χ1n) is 9.33. The molecule has 0 bridgehead atoms. The van der Waals surface area contributed by atoms with Gasteiger partial charge in [-0.05, 0) is 49.0 Å². The van der Waals surface area contributed by atoms with Crippen molar-refractivity contribution in [2.24, 2.45) is 7.05 Å². The molecule has 1 spiro atoms. The van der Waals surface area contributed by atoms with Crippen molar-refractivity contribution in [2.45, 2.75) is 24.8 Å². The summed E-state index contributed by atoms with van der Waals surface area (Å²) in [5.41, 5.74) is 4.09. The van der Waals surface area contributed by atoms with Crippen molar-refractivity contribution in [3.05, 3.63) is 64.6 Å². The van der Waals surface area contributed by atoms with Gasteiger partial charge in [0.2, 0.25) is 5.91 Å². The molecule has 1 saturated heterocycles. The van der Waals surface area contributed by atoms with Gasteiger partial charge in [0.15, 0.2) is 0 Å². The van der Waals surface area contributed by atoms with Crippen molar-refractivity contribution < 1.29 is 4.79 Å². The van der Waals surface area contributed by atoms with Crippen molar-refractivity contribution in [3.8, 4) is 0 Å². The van der Waals surface area contributed by atoms with Crippen LogP contribution in [0.5, 0.6) is 0 Å². The smallest absolute Gasteiger partial charge is 0.242 e. The Balaban J connectivity index is 1.42. The minimum atomic E-state index is -0.385. The number of fused-ring (bicyclic) bond motifs is 2. The van der Waals surface area contributed by atoms with E-state index in [2.05, 4.69) is 39.8 Å². The van der Waals surface area contributed by atoms with Gasteiger partial charge in [0.25, 0.3) is 0 Å². The van der Waals surface area contributed by atoms with Crippen LogP contribution in [-0.4, -0.2) is 33.7 Å². The Hall–Kier alpha value is -2.44. The maximum Gasteiger partial charge on any atom is 0.242 e. The van der Waals surface area contributed by atoms with Crippen molar-refractivity contribution in [1.82, 2.24) is 14.7 Å². The molecule has 1 amide bonds. The van der Waals surface area contributed by atoms with E-state index in [1.807, 2.05) is 40.3 Å². The summed E-state index contributed by atoms with van der Waals surface area (Å²) in [7, 11) is 1.95. The Morgan fingerprint density at radius 1 is 1.19 bits per heavy atom. The van der Waals surface area contributed by atoms with Gasteiger partial charge in [0.05, 0.1) is 23.0 Å². The maximum atomic E-state index is 13.6. The Kier molecular flexibility index (Phi) is 3.91. The van der Waals surface area contributed by atoms with Crippen LogP contribution in [0.25, 0.3) is 0 Å². The Labute approximate surface area is 162 Å². The second kappa shape index (κ2) is 6.32. The summed E-state index contributed by atoms with van der Waals surface area (Å²) >= 11 is 1.63. The van der Waals surface area contributed by atoms with Gasteiger partial charge in [0.1, 0.15) is 0 Å². The summed E-state index contributed by atoms with van der Waals surface area (Å²) in [6, 6.07) is 10.4. The SMILES string of the molecule is Cn1cc(CN2CCC3(CC2)C(=O)N(c2ccsc2)c2ccccc23)cn1. The molecule has 2 aliphatic rings. The molecule has 138 valence electrons. The number of anilines is 2. The van der Waals surface area contributed by atoms with E-state index < -0.39 is 0 Å². The second-order valence-corrected chi connectivity index (χ2v) is 8.30. The quantitative estimate of drug-likeness (QED) is 0.698. The summed E-state index contributed by atoms with van der Waals surface area (Å²) in [6.45, 7) is 2.74. The number of aromatic nitrogens is 2. The van der Waals surface area contributed by atoms with Gasteiger partial charge in [-0.25, -0.2) is 0 Å². The monoisotopic (exact) mass is 378 g/mol. The highest BCUT2D eigenvalue weighted by molar-refractivity contribution is 7.08. The number of aryl methyl sites for hydroxylation is 1. The van der Waals surface area contributed by atoms with Crippen molar-refractivity contribution in [3.63, 3.8) is 0 Å². The predicted molar refractivity (Wildman–Crippen MR) is 107 cm³/mol. The number of rotatable bonds is 3. The van der Waals surface area contributed by atoms with Gasteiger partial charge in [-0.3, -0.25) is 19.3 Å². The van der Waals surface area contributed by atoms with Crippen LogP contribution in [0.3, 0.4) is 0 Å². The third-order valence-corrected chi connectivity index (χ3v) is 6.58. The maximum absolute atomic E-state index is 13.6. The molecular formula is C21H22N4OS. The fourth-order valence-corrected chi connectivity index (χ4v) is 5.16. The number of likely N-dealkylation sites (tertiary alicyclic amines) is 1. The fraction of sp³-hybridized carbons (Fsp3) is 0.333. The molecule has 3 aromatic rings. The number of hydrogen-bond donors (Lipinski definition) is 0. The summed E-state index contributed by atoms with van der Waals surface area (Å²) in [5, 5.41) is 8.36. The summed E-state index contributed by atoms with van der Waals surface area (Å²) in [5.74, 6) is 0.239. The van der Waals surface area contributed by atoms with Crippen molar-refractivity contribution in [1.29, 1.82) is 0 Å².